The molecule has 1 saturated heterocycles. The van der Waals surface area contributed by atoms with E-state index < -0.39 is 29.6 Å². The van der Waals surface area contributed by atoms with E-state index in [0.29, 0.717) is 13.1 Å². The Morgan fingerprint density at radius 1 is 1.06 bits per heavy atom. The SMILES string of the molecule is CC1(C)c2ccccc2CN1C(=O)[C@H](O)[C@@H](O)C(=O)NCC1CCN(c2ccccc2N)CC1. The van der Waals surface area contributed by atoms with Gasteiger partial charge < -0.3 is 31.1 Å². The molecule has 0 radical (unpaired) electrons. The molecule has 1 fully saturated rings. The second kappa shape index (κ2) is 9.64. The highest BCUT2D eigenvalue weighted by Gasteiger charge is 2.44. The van der Waals surface area contributed by atoms with Crippen LogP contribution in [-0.2, 0) is 21.7 Å². The molecule has 2 amide bonds. The molecule has 0 bridgehead atoms. The fourth-order valence-electron chi connectivity index (χ4n) is 5.06. The Hall–Kier alpha value is -3.10. The summed E-state index contributed by atoms with van der Waals surface area (Å²) in [5.41, 5.74) is 9.20. The van der Waals surface area contributed by atoms with Gasteiger partial charge in [-0.25, -0.2) is 0 Å². The van der Waals surface area contributed by atoms with Crippen LogP contribution in [0.5, 0.6) is 0 Å². The summed E-state index contributed by atoms with van der Waals surface area (Å²) in [6.07, 6.45) is -1.91. The van der Waals surface area contributed by atoms with Gasteiger partial charge >= 0.3 is 0 Å². The summed E-state index contributed by atoms with van der Waals surface area (Å²) < 4.78 is 0. The molecule has 8 heteroatoms. The number of nitrogens with zero attached hydrogens (tertiary/aromatic N) is 2. The van der Waals surface area contributed by atoms with Crippen LogP contribution >= 0.6 is 0 Å². The third-order valence-electron chi connectivity index (χ3n) is 7.22. The summed E-state index contributed by atoms with van der Waals surface area (Å²) in [5.74, 6) is -1.14. The second-order valence-electron chi connectivity index (χ2n) is 9.76. The lowest BCUT2D eigenvalue weighted by molar-refractivity contribution is -0.157. The molecule has 2 aliphatic heterocycles. The van der Waals surface area contributed by atoms with Crippen LogP contribution in [0.3, 0.4) is 0 Å². The second-order valence-corrected chi connectivity index (χ2v) is 9.76. The average molecular weight is 467 g/mol. The number of hydrogen-bond acceptors (Lipinski definition) is 6. The fourth-order valence-corrected chi connectivity index (χ4v) is 5.06. The van der Waals surface area contributed by atoms with Gasteiger partial charge in [0.1, 0.15) is 0 Å². The molecule has 34 heavy (non-hydrogen) atoms. The number of nitrogens with one attached hydrogen (secondary N) is 1. The van der Waals surface area contributed by atoms with E-state index >= 15 is 0 Å². The van der Waals surface area contributed by atoms with E-state index in [4.69, 9.17) is 5.73 Å². The lowest BCUT2D eigenvalue weighted by Gasteiger charge is -2.35. The van der Waals surface area contributed by atoms with Crippen molar-refractivity contribution in [2.24, 2.45) is 5.92 Å². The van der Waals surface area contributed by atoms with Crippen molar-refractivity contribution in [2.45, 2.75) is 51.0 Å². The highest BCUT2D eigenvalue weighted by molar-refractivity contribution is 5.91. The zero-order chi connectivity index (χ0) is 24.5. The molecular weight excluding hydrogens is 432 g/mol. The van der Waals surface area contributed by atoms with Crippen LogP contribution in [0.2, 0.25) is 0 Å². The molecule has 0 unspecified atom stereocenters. The topological polar surface area (TPSA) is 119 Å². The lowest BCUT2D eigenvalue weighted by Crippen LogP contribution is -2.53. The number of fused-ring (bicyclic) bond motifs is 1. The number of aliphatic hydroxyl groups excluding tert-OH is 2. The summed E-state index contributed by atoms with van der Waals surface area (Å²) in [6, 6.07) is 15.5. The standard InChI is InChI=1S/C26H34N4O4/c1-26(2)19-8-4-3-7-18(19)16-30(26)25(34)23(32)22(31)24(33)28-15-17-11-13-29(14-12-17)21-10-6-5-9-20(21)27/h3-10,17,22-23,31-32H,11-16,27H2,1-2H3,(H,28,33)/t22-,23-/m1/s1. The van der Waals surface area contributed by atoms with E-state index in [1.165, 1.54) is 4.90 Å². The van der Waals surface area contributed by atoms with Crippen molar-refractivity contribution in [2.75, 3.05) is 30.3 Å². The number of benzene rings is 2. The molecule has 5 N–H and O–H groups in total. The highest BCUT2D eigenvalue weighted by atomic mass is 16.3. The molecule has 2 heterocycles. The van der Waals surface area contributed by atoms with Crippen LogP contribution in [0.25, 0.3) is 0 Å². The van der Waals surface area contributed by atoms with Gasteiger partial charge in [0.15, 0.2) is 12.2 Å². The van der Waals surface area contributed by atoms with Gasteiger partial charge in [0, 0.05) is 26.2 Å². The molecule has 2 aliphatic rings. The molecule has 0 saturated carbocycles. The van der Waals surface area contributed by atoms with Crippen molar-refractivity contribution in [3.8, 4) is 0 Å². The summed E-state index contributed by atoms with van der Waals surface area (Å²) >= 11 is 0. The molecule has 2 atom stereocenters. The summed E-state index contributed by atoms with van der Waals surface area (Å²) in [5, 5.41) is 23.7. The van der Waals surface area contributed by atoms with Crippen molar-refractivity contribution in [3.63, 3.8) is 0 Å². The number of carbonyl (C=O) groups excluding carboxylic acids is 2. The van der Waals surface area contributed by atoms with Crippen LogP contribution < -0.4 is 16.0 Å². The van der Waals surface area contributed by atoms with E-state index in [1.807, 2.05) is 62.4 Å². The van der Waals surface area contributed by atoms with Crippen LogP contribution in [0.1, 0.15) is 37.8 Å². The predicted molar refractivity (Wildman–Crippen MR) is 131 cm³/mol. The summed E-state index contributed by atoms with van der Waals surface area (Å²) in [6.45, 7) is 6.15. The van der Waals surface area contributed by atoms with Gasteiger partial charge in [-0.2, -0.15) is 0 Å². The Kier molecular flexibility index (Phi) is 6.81. The number of rotatable bonds is 6. The minimum atomic E-state index is -1.82. The highest BCUT2D eigenvalue weighted by Crippen LogP contribution is 2.39. The smallest absolute Gasteiger partial charge is 0.255 e. The van der Waals surface area contributed by atoms with Gasteiger partial charge in [0.2, 0.25) is 0 Å². The number of aliphatic hydroxyl groups is 2. The number of nitrogens with two attached hydrogens (primary N) is 1. The molecule has 0 aliphatic carbocycles. The first-order valence-corrected chi connectivity index (χ1v) is 11.8. The lowest BCUT2D eigenvalue weighted by atomic mass is 9.93. The largest absolute Gasteiger partial charge is 0.397 e. The van der Waals surface area contributed by atoms with Crippen LogP contribution in [0.15, 0.2) is 48.5 Å². The van der Waals surface area contributed by atoms with Crippen molar-refractivity contribution in [1.82, 2.24) is 10.2 Å². The number of amides is 2. The minimum Gasteiger partial charge on any atom is -0.397 e. The van der Waals surface area contributed by atoms with E-state index in [2.05, 4.69) is 10.2 Å². The number of para-hydroxylation sites is 2. The molecule has 182 valence electrons. The van der Waals surface area contributed by atoms with Crippen molar-refractivity contribution < 1.29 is 19.8 Å². The Balaban J connectivity index is 1.28. The van der Waals surface area contributed by atoms with Crippen molar-refractivity contribution >= 4 is 23.2 Å². The van der Waals surface area contributed by atoms with Crippen LogP contribution in [0.4, 0.5) is 11.4 Å². The summed E-state index contributed by atoms with van der Waals surface area (Å²) in [7, 11) is 0. The van der Waals surface area contributed by atoms with Gasteiger partial charge in [0.25, 0.3) is 11.8 Å². The van der Waals surface area contributed by atoms with Gasteiger partial charge in [-0.3, -0.25) is 9.59 Å². The maximum atomic E-state index is 13.0. The van der Waals surface area contributed by atoms with Gasteiger partial charge in [-0.15, -0.1) is 0 Å². The number of anilines is 2. The first-order valence-electron chi connectivity index (χ1n) is 11.8. The van der Waals surface area contributed by atoms with Gasteiger partial charge in [0.05, 0.1) is 16.9 Å². The van der Waals surface area contributed by atoms with Crippen molar-refractivity contribution in [1.29, 1.82) is 0 Å². The summed E-state index contributed by atoms with van der Waals surface area (Å²) in [4.78, 5) is 29.3. The number of nitrogen functional groups attached to an aromatic ring is 1. The number of piperidine rings is 1. The quantitative estimate of drug-likeness (QED) is 0.480. The van der Waals surface area contributed by atoms with Gasteiger partial charge in [-0.05, 0) is 55.9 Å². The van der Waals surface area contributed by atoms with Crippen LogP contribution in [0, 0.1) is 5.92 Å². The van der Waals surface area contributed by atoms with E-state index in [0.717, 1.165) is 48.4 Å². The minimum absolute atomic E-state index is 0.247. The molecule has 4 rings (SSSR count). The van der Waals surface area contributed by atoms with Gasteiger partial charge in [-0.1, -0.05) is 36.4 Å². The maximum absolute atomic E-state index is 13.0. The molecule has 2 aromatic carbocycles. The Labute approximate surface area is 200 Å². The number of hydrogen-bond donors (Lipinski definition) is 4. The molecule has 2 aromatic rings. The molecular formula is C26H34N4O4. The van der Waals surface area contributed by atoms with Crippen molar-refractivity contribution in [3.05, 3.63) is 59.7 Å². The first kappa shape index (κ1) is 24.0. The first-order chi connectivity index (χ1) is 16.2. The molecule has 0 spiro atoms. The molecule has 8 nitrogen and oxygen atoms in total. The zero-order valence-electron chi connectivity index (χ0n) is 19.8. The number of carbonyl (C=O) groups is 2. The monoisotopic (exact) mass is 466 g/mol. The van der Waals surface area contributed by atoms with E-state index in [1.54, 1.807) is 0 Å². The van der Waals surface area contributed by atoms with E-state index in [9.17, 15) is 19.8 Å². The van der Waals surface area contributed by atoms with E-state index in [-0.39, 0.29) is 5.92 Å². The normalized spacial score (nSPS) is 19.4. The Morgan fingerprint density at radius 2 is 1.71 bits per heavy atom. The fraction of sp³-hybridized carbons (Fsp3) is 0.462. The zero-order valence-corrected chi connectivity index (χ0v) is 19.8. The molecule has 0 aromatic heterocycles. The predicted octanol–water partition coefficient (Wildman–Crippen LogP) is 1.60. The Morgan fingerprint density at radius 3 is 2.38 bits per heavy atom. The third kappa shape index (κ3) is 4.60. The third-order valence-corrected chi connectivity index (χ3v) is 7.22. The van der Waals surface area contributed by atoms with Crippen LogP contribution in [-0.4, -0.2) is 58.8 Å². The Bertz CT molecular complexity index is 1050. The maximum Gasteiger partial charge on any atom is 0.255 e. The average Bonchev–Trinajstić information content (AvgIpc) is 3.12.